The Bertz CT molecular complexity index is 447. The van der Waals surface area contributed by atoms with Crippen molar-refractivity contribution in [1.82, 2.24) is 4.90 Å². The van der Waals surface area contributed by atoms with Crippen LogP contribution in [0.5, 0.6) is 5.75 Å². The highest BCUT2D eigenvalue weighted by Gasteiger charge is 2.16. The van der Waals surface area contributed by atoms with E-state index in [0.717, 1.165) is 24.6 Å². The van der Waals surface area contributed by atoms with Crippen molar-refractivity contribution < 1.29 is 9.53 Å². The summed E-state index contributed by atoms with van der Waals surface area (Å²) in [5.41, 5.74) is 0.585. The van der Waals surface area contributed by atoms with Crippen LogP contribution in [0.15, 0.2) is 24.3 Å². The maximum Gasteiger partial charge on any atom is 0.260 e. The zero-order valence-corrected chi connectivity index (χ0v) is 10.8. The largest absolute Gasteiger partial charge is 0.484 e. The molecule has 0 aliphatic carbocycles. The van der Waals surface area contributed by atoms with Crippen molar-refractivity contribution in [3.8, 4) is 11.8 Å². The van der Waals surface area contributed by atoms with Crippen molar-refractivity contribution >= 4 is 17.7 Å². The minimum atomic E-state index is 0.0275. The second kappa shape index (κ2) is 6.31. The molecule has 1 aliphatic heterocycles. The molecular weight excluding hydrogens is 248 g/mol. The molecule has 1 amide bonds. The van der Waals surface area contributed by atoms with Gasteiger partial charge in [0.2, 0.25) is 0 Å². The van der Waals surface area contributed by atoms with Gasteiger partial charge in [-0.1, -0.05) is 0 Å². The first-order valence-electron chi connectivity index (χ1n) is 5.78. The number of carbonyl (C=O) groups is 1. The number of thioether (sulfide) groups is 1. The van der Waals surface area contributed by atoms with Gasteiger partial charge < -0.3 is 9.64 Å². The van der Waals surface area contributed by atoms with Crippen LogP contribution in [0.1, 0.15) is 5.56 Å². The van der Waals surface area contributed by atoms with Crippen LogP contribution < -0.4 is 4.74 Å². The van der Waals surface area contributed by atoms with Crippen molar-refractivity contribution in [3.05, 3.63) is 29.8 Å². The molecule has 18 heavy (non-hydrogen) atoms. The number of amides is 1. The summed E-state index contributed by atoms with van der Waals surface area (Å²) in [6, 6.07) is 8.81. The fourth-order valence-corrected chi connectivity index (χ4v) is 2.58. The molecule has 0 saturated carbocycles. The third-order valence-electron chi connectivity index (χ3n) is 2.71. The first-order valence-corrected chi connectivity index (χ1v) is 6.93. The Hall–Kier alpha value is -1.67. The topological polar surface area (TPSA) is 53.3 Å². The Balaban J connectivity index is 1.83. The van der Waals surface area contributed by atoms with Gasteiger partial charge in [0.15, 0.2) is 6.61 Å². The van der Waals surface area contributed by atoms with E-state index in [2.05, 4.69) is 0 Å². The SMILES string of the molecule is N#Cc1ccc(OCC(=O)N2CCSCC2)cc1. The van der Waals surface area contributed by atoms with E-state index in [1.165, 1.54) is 0 Å². The monoisotopic (exact) mass is 262 g/mol. The van der Waals surface area contributed by atoms with Gasteiger partial charge >= 0.3 is 0 Å². The summed E-state index contributed by atoms with van der Waals surface area (Å²) >= 11 is 1.87. The Labute approximate surface area is 111 Å². The molecule has 1 fully saturated rings. The highest BCUT2D eigenvalue weighted by molar-refractivity contribution is 7.99. The van der Waals surface area contributed by atoms with Crippen molar-refractivity contribution in [2.45, 2.75) is 0 Å². The van der Waals surface area contributed by atoms with Gasteiger partial charge in [-0.15, -0.1) is 0 Å². The summed E-state index contributed by atoms with van der Waals surface area (Å²) in [5.74, 6) is 2.65. The van der Waals surface area contributed by atoms with Crippen molar-refractivity contribution in [2.75, 3.05) is 31.2 Å². The van der Waals surface area contributed by atoms with Crippen molar-refractivity contribution in [1.29, 1.82) is 5.26 Å². The molecule has 94 valence electrons. The lowest BCUT2D eigenvalue weighted by molar-refractivity contribution is -0.132. The number of benzene rings is 1. The molecule has 1 aliphatic rings. The molecule has 0 aromatic heterocycles. The smallest absolute Gasteiger partial charge is 0.260 e. The third-order valence-corrected chi connectivity index (χ3v) is 3.65. The maximum absolute atomic E-state index is 11.8. The van der Waals surface area contributed by atoms with Crippen LogP contribution in [0.4, 0.5) is 0 Å². The molecule has 1 saturated heterocycles. The first-order chi connectivity index (χ1) is 8.79. The predicted molar refractivity (Wildman–Crippen MR) is 70.6 cm³/mol. The maximum atomic E-state index is 11.8. The second-order valence-electron chi connectivity index (χ2n) is 3.92. The molecule has 0 radical (unpaired) electrons. The molecule has 1 aromatic carbocycles. The van der Waals surface area contributed by atoms with Gasteiger partial charge in [0.05, 0.1) is 11.6 Å². The predicted octanol–water partition coefficient (Wildman–Crippen LogP) is 1.51. The van der Waals surface area contributed by atoms with E-state index in [9.17, 15) is 4.79 Å². The Kier molecular flexibility index (Phi) is 4.48. The summed E-state index contributed by atoms with van der Waals surface area (Å²) in [7, 11) is 0. The lowest BCUT2D eigenvalue weighted by Gasteiger charge is -2.26. The van der Waals surface area contributed by atoms with Crippen LogP contribution in [0.25, 0.3) is 0 Å². The van der Waals surface area contributed by atoms with Gasteiger partial charge in [0, 0.05) is 24.6 Å². The summed E-state index contributed by atoms with van der Waals surface area (Å²) < 4.78 is 5.41. The third kappa shape index (κ3) is 3.41. The summed E-state index contributed by atoms with van der Waals surface area (Å²) in [5, 5.41) is 8.66. The van der Waals surface area contributed by atoms with Crippen LogP contribution in [0.3, 0.4) is 0 Å². The summed E-state index contributed by atoms with van der Waals surface area (Å²) in [4.78, 5) is 13.7. The Morgan fingerprint density at radius 2 is 2.00 bits per heavy atom. The van der Waals surface area contributed by atoms with Gasteiger partial charge in [0.1, 0.15) is 5.75 Å². The van der Waals surface area contributed by atoms with E-state index < -0.39 is 0 Å². The van der Waals surface area contributed by atoms with Gasteiger partial charge in [-0.2, -0.15) is 17.0 Å². The van der Waals surface area contributed by atoms with Crippen molar-refractivity contribution in [2.24, 2.45) is 0 Å². The molecule has 1 aromatic rings. The van der Waals surface area contributed by atoms with Crippen LogP contribution in [-0.2, 0) is 4.79 Å². The lowest BCUT2D eigenvalue weighted by Crippen LogP contribution is -2.40. The number of hydrogen-bond donors (Lipinski definition) is 0. The van der Waals surface area contributed by atoms with Crippen LogP contribution in [0.2, 0.25) is 0 Å². The average molecular weight is 262 g/mol. The van der Waals surface area contributed by atoms with E-state index in [0.29, 0.717) is 11.3 Å². The van der Waals surface area contributed by atoms with Crippen LogP contribution in [-0.4, -0.2) is 42.0 Å². The number of ether oxygens (including phenoxy) is 1. The van der Waals surface area contributed by atoms with Gasteiger partial charge in [0.25, 0.3) is 5.91 Å². The molecule has 0 N–H and O–H groups in total. The van der Waals surface area contributed by atoms with Gasteiger partial charge in [-0.3, -0.25) is 4.79 Å². The van der Waals surface area contributed by atoms with Gasteiger partial charge in [-0.05, 0) is 24.3 Å². The van der Waals surface area contributed by atoms with Crippen molar-refractivity contribution in [3.63, 3.8) is 0 Å². The molecule has 1 heterocycles. The summed E-state index contributed by atoms with van der Waals surface area (Å²) in [6.45, 7) is 1.68. The van der Waals surface area contributed by atoms with E-state index in [1.807, 2.05) is 22.7 Å². The number of nitriles is 1. The Morgan fingerprint density at radius 3 is 2.61 bits per heavy atom. The zero-order chi connectivity index (χ0) is 12.8. The van der Waals surface area contributed by atoms with Crippen LogP contribution in [0, 0.1) is 11.3 Å². The van der Waals surface area contributed by atoms with E-state index in [-0.39, 0.29) is 12.5 Å². The fraction of sp³-hybridized carbons (Fsp3) is 0.385. The number of hydrogen-bond acceptors (Lipinski definition) is 4. The molecule has 0 spiro atoms. The van der Waals surface area contributed by atoms with Gasteiger partial charge in [-0.25, -0.2) is 0 Å². The minimum Gasteiger partial charge on any atom is -0.484 e. The molecule has 0 atom stereocenters. The standard InChI is InChI=1S/C13H14N2O2S/c14-9-11-1-3-12(4-2-11)17-10-13(16)15-5-7-18-8-6-15/h1-4H,5-8,10H2. The highest BCUT2D eigenvalue weighted by Crippen LogP contribution is 2.13. The first kappa shape index (κ1) is 12.8. The molecule has 2 rings (SSSR count). The molecule has 4 nitrogen and oxygen atoms in total. The lowest BCUT2D eigenvalue weighted by atomic mass is 10.2. The zero-order valence-electron chi connectivity index (χ0n) is 9.96. The second-order valence-corrected chi connectivity index (χ2v) is 5.14. The number of rotatable bonds is 3. The van der Waals surface area contributed by atoms with Crippen LogP contribution >= 0.6 is 11.8 Å². The average Bonchev–Trinajstić information content (AvgIpc) is 2.46. The molecule has 0 unspecified atom stereocenters. The number of carbonyl (C=O) groups excluding carboxylic acids is 1. The molecular formula is C13H14N2O2S. The van der Waals surface area contributed by atoms with E-state index >= 15 is 0 Å². The molecule has 0 bridgehead atoms. The summed E-state index contributed by atoms with van der Waals surface area (Å²) in [6.07, 6.45) is 0. The minimum absolute atomic E-state index is 0.0275. The number of nitrogens with zero attached hydrogens (tertiary/aromatic N) is 2. The normalized spacial score (nSPS) is 14.9. The van der Waals surface area contributed by atoms with E-state index in [4.69, 9.17) is 10.00 Å². The molecule has 5 heteroatoms. The highest BCUT2D eigenvalue weighted by atomic mass is 32.2. The Morgan fingerprint density at radius 1 is 1.33 bits per heavy atom. The van der Waals surface area contributed by atoms with E-state index in [1.54, 1.807) is 24.3 Å². The fourth-order valence-electron chi connectivity index (χ4n) is 1.67. The quantitative estimate of drug-likeness (QED) is 0.828.